The smallest absolute Gasteiger partial charge is 0.264 e. The number of amides is 1. The van der Waals surface area contributed by atoms with E-state index in [1.54, 1.807) is 61.7 Å². The van der Waals surface area contributed by atoms with E-state index in [0.717, 1.165) is 24.2 Å². The standard InChI is InChI=1S/C24H26N2O4S/c1-26(31(28,29)22-14-4-3-5-15-22)21-13-8-11-20(18-21)24(27)25-17-9-12-19-10-6-7-16-23(19)30-2/h3-8,10-11,13-16,18H,9,12,17H2,1-2H3,(H,25,27). The Kier molecular flexibility index (Phi) is 7.31. The van der Waals surface area contributed by atoms with Crippen molar-refractivity contribution in [3.63, 3.8) is 0 Å². The zero-order valence-electron chi connectivity index (χ0n) is 17.6. The maximum absolute atomic E-state index is 12.8. The van der Waals surface area contributed by atoms with Crippen LogP contribution in [-0.2, 0) is 16.4 Å². The van der Waals surface area contributed by atoms with Gasteiger partial charge in [0.25, 0.3) is 15.9 Å². The van der Waals surface area contributed by atoms with Crippen LogP contribution in [0.1, 0.15) is 22.3 Å². The fourth-order valence-electron chi connectivity index (χ4n) is 3.22. The van der Waals surface area contributed by atoms with Crippen molar-refractivity contribution in [2.24, 2.45) is 0 Å². The minimum Gasteiger partial charge on any atom is -0.496 e. The molecule has 162 valence electrons. The number of nitrogens with one attached hydrogen (secondary N) is 1. The molecule has 0 saturated carbocycles. The monoisotopic (exact) mass is 438 g/mol. The number of benzene rings is 3. The first-order valence-electron chi connectivity index (χ1n) is 9.97. The highest BCUT2D eigenvalue weighted by atomic mass is 32.2. The Morgan fingerprint density at radius 1 is 0.968 bits per heavy atom. The number of ether oxygens (including phenoxy) is 1. The van der Waals surface area contributed by atoms with Crippen LogP contribution in [0.2, 0.25) is 0 Å². The first kappa shape index (κ1) is 22.4. The molecule has 0 aromatic heterocycles. The molecular weight excluding hydrogens is 412 g/mol. The number of aryl methyl sites for hydroxylation is 1. The third-order valence-electron chi connectivity index (χ3n) is 4.97. The third-order valence-corrected chi connectivity index (χ3v) is 6.77. The first-order chi connectivity index (χ1) is 14.9. The molecule has 3 aromatic carbocycles. The fraction of sp³-hybridized carbons (Fsp3) is 0.208. The second-order valence-corrected chi connectivity index (χ2v) is 8.98. The Bertz CT molecular complexity index is 1130. The van der Waals surface area contributed by atoms with Gasteiger partial charge in [-0.3, -0.25) is 9.10 Å². The molecule has 3 rings (SSSR count). The van der Waals surface area contributed by atoms with Crippen LogP contribution in [0.25, 0.3) is 0 Å². The summed E-state index contributed by atoms with van der Waals surface area (Å²) >= 11 is 0. The molecule has 0 spiro atoms. The fourth-order valence-corrected chi connectivity index (χ4v) is 4.43. The van der Waals surface area contributed by atoms with Crippen molar-refractivity contribution in [1.29, 1.82) is 0 Å². The van der Waals surface area contributed by atoms with Crippen LogP contribution in [0.4, 0.5) is 5.69 Å². The van der Waals surface area contributed by atoms with E-state index in [4.69, 9.17) is 4.74 Å². The molecule has 0 atom stereocenters. The van der Waals surface area contributed by atoms with E-state index in [0.29, 0.717) is 17.8 Å². The van der Waals surface area contributed by atoms with Crippen molar-refractivity contribution in [1.82, 2.24) is 5.32 Å². The molecule has 0 unspecified atom stereocenters. The van der Waals surface area contributed by atoms with Crippen molar-refractivity contribution in [3.8, 4) is 5.75 Å². The number of carbonyl (C=O) groups is 1. The van der Waals surface area contributed by atoms with Crippen LogP contribution in [0.15, 0.2) is 83.8 Å². The maximum Gasteiger partial charge on any atom is 0.264 e. The second kappa shape index (κ2) is 10.1. The lowest BCUT2D eigenvalue weighted by Gasteiger charge is -2.20. The molecule has 0 aliphatic rings. The van der Waals surface area contributed by atoms with Crippen LogP contribution < -0.4 is 14.4 Å². The molecule has 0 saturated heterocycles. The summed E-state index contributed by atoms with van der Waals surface area (Å²) in [7, 11) is -0.583. The lowest BCUT2D eigenvalue weighted by molar-refractivity contribution is 0.0953. The minimum absolute atomic E-state index is 0.198. The van der Waals surface area contributed by atoms with Gasteiger partial charge in [0.2, 0.25) is 0 Å². The zero-order valence-corrected chi connectivity index (χ0v) is 18.4. The number of hydrogen-bond acceptors (Lipinski definition) is 4. The normalized spacial score (nSPS) is 11.0. The number of rotatable bonds is 9. The lowest BCUT2D eigenvalue weighted by Crippen LogP contribution is -2.28. The van der Waals surface area contributed by atoms with Crippen molar-refractivity contribution in [2.75, 3.05) is 25.0 Å². The van der Waals surface area contributed by atoms with E-state index in [-0.39, 0.29) is 10.8 Å². The second-order valence-electron chi connectivity index (χ2n) is 7.01. The molecule has 1 N–H and O–H groups in total. The topological polar surface area (TPSA) is 75.7 Å². The Labute approximate surface area is 183 Å². The van der Waals surface area contributed by atoms with Gasteiger partial charge in [-0.15, -0.1) is 0 Å². The number of para-hydroxylation sites is 1. The molecule has 6 nitrogen and oxygen atoms in total. The van der Waals surface area contributed by atoms with Crippen LogP contribution in [0.3, 0.4) is 0 Å². The van der Waals surface area contributed by atoms with E-state index in [1.165, 1.54) is 11.4 Å². The predicted octanol–water partition coefficient (Wildman–Crippen LogP) is 3.88. The zero-order chi connectivity index (χ0) is 22.3. The quantitative estimate of drug-likeness (QED) is 0.515. The third kappa shape index (κ3) is 5.44. The molecule has 0 fully saturated rings. The van der Waals surface area contributed by atoms with Gasteiger partial charge in [0.1, 0.15) is 5.75 Å². The van der Waals surface area contributed by atoms with Crippen molar-refractivity contribution < 1.29 is 17.9 Å². The average Bonchev–Trinajstić information content (AvgIpc) is 2.82. The summed E-state index contributed by atoms with van der Waals surface area (Å²) in [5.74, 6) is 0.594. The van der Waals surface area contributed by atoms with Crippen molar-refractivity contribution >= 4 is 21.6 Å². The number of methoxy groups -OCH3 is 1. The molecule has 31 heavy (non-hydrogen) atoms. The van der Waals surface area contributed by atoms with Gasteiger partial charge in [0.15, 0.2) is 0 Å². The summed E-state index contributed by atoms with van der Waals surface area (Å²) < 4.78 is 32.2. The van der Waals surface area contributed by atoms with Crippen LogP contribution in [0, 0.1) is 0 Å². The Morgan fingerprint density at radius 2 is 1.68 bits per heavy atom. The van der Waals surface area contributed by atoms with Gasteiger partial charge in [0, 0.05) is 19.2 Å². The number of hydrogen-bond donors (Lipinski definition) is 1. The van der Waals surface area contributed by atoms with Crippen LogP contribution in [-0.4, -0.2) is 35.0 Å². The van der Waals surface area contributed by atoms with Crippen LogP contribution >= 0.6 is 0 Å². The molecule has 0 heterocycles. The van der Waals surface area contributed by atoms with E-state index < -0.39 is 10.0 Å². The molecule has 0 radical (unpaired) electrons. The van der Waals surface area contributed by atoms with Gasteiger partial charge in [-0.2, -0.15) is 0 Å². The summed E-state index contributed by atoms with van der Waals surface area (Å²) in [5.41, 5.74) is 1.92. The van der Waals surface area contributed by atoms with Gasteiger partial charge in [-0.05, 0) is 54.8 Å². The Hall–Kier alpha value is -3.32. The lowest BCUT2D eigenvalue weighted by atomic mass is 10.1. The largest absolute Gasteiger partial charge is 0.496 e. The van der Waals surface area contributed by atoms with Gasteiger partial charge >= 0.3 is 0 Å². The SMILES string of the molecule is COc1ccccc1CCCNC(=O)c1cccc(N(C)S(=O)(=O)c2ccccc2)c1. The molecule has 0 aliphatic heterocycles. The van der Waals surface area contributed by atoms with E-state index in [1.807, 2.05) is 24.3 Å². The van der Waals surface area contributed by atoms with Crippen LogP contribution in [0.5, 0.6) is 5.75 Å². The molecule has 7 heteroatoms. The summed E-state index contributed by atoms with van der Waals surface area (Å²) in [6.45, 7) is 0.499. The number of carbonyl (C=O) groups excluding carboxylic acids is 1. The van der Waals surface area contributed by atoms with E-state index in [2.05, 4.69) is 5.32 Å². The number of nitrogens with zero attached hydrogens (tertiary/aromatic N) is 1. The molecule has 3 aromatic rings. The van der Waals surface area contributed by atoms with Crippen molar-refractivity contribution in [3.05, 3.63) is 90.0 Å². The maximum atomic E-state index is 12.8. The van der Waals surface area contributed by atoms with Crippen molar-refractivity contribution in [2.45, 2.75) is 17.7 Å². The average molecular weight is 439 g/mol. The van der Waals surface area contributed by atoms with Gasteiger partial charge in [0.05, 0.1) is 17.7 Å². The number of sulfonamides is 1. The van der Waals surface area contributed by atoms with Gasteiger partial charge < -0.3 is 10.1 Å². The summed E-state index contributed by atoms with van der Waals surface area (Å²) in [5, 5.41) is 2.90. The molecular formula is C24H26N2O4S. The van der Waals surface area contributed by atoms with Gasteiger partial charge in [-0.25, -0.2) is 8.42 Å². The highest BCUT2D eigenvalue weighted by Gasteiger charge is 2.21. The summed E-state index contributed by atoms with van der Waals surface area (Å²) in [6.07, 6.45) is 1.54. The van der Waals surface area contributed by atoms with E-state index >= 15 is 0 Å². The highest BCUT2D eigenvalue weighted by Crippen LogP contribution is 2.23. The van der Waals surface area contributed by atoms with E-state index in [9.17, 15) is 13.2 Å². The predicted molar refractivity (Wildman–Crippen MR) is 122 cm³/mol. The summed E-state index contributed by atoms with van der Waals surface area (Å²) in [4.78, 5) is 12.8. The number of anilines is 1. The molecule has 1 amide bonds. The summed E-state index contributed by atoms with van der Waals surface area (Å²) in [6, 6.07) is 22.6. The Balaban J connectivity index is 1.62. The van der Waals surface area contributed by atoms with Gasteiger partial charge in [-0.1, -0.05) is 42.5 Å². The Morgan fingerprint density at radius 3 is 2.42 bits per heavy atom. The highest BCUT2D eigenvalue weighted by molar-refractivity contribution is 7.92. The molecule has 0 aliphatic carbocycles. The first-order valence-corrected chi connectivity index (χ1v) is 11.4. The molecule has 0 bridgehead atoms. The minimum atomic E-state index is -3.70.